The molecule has 1 aromatic heterocycles. The van der Waals surface area contributed by atoms with Gasteiger partial charge in [0, 0.05) is 38.9 Å². The van der Waals surface area contributed by atoms with Gasteiger partial charge >= 0.3 is 0 Å². The summed E-state index contributed by atoms with van der Waals surface area (Å²) in [6.45, 7) is 2.00. The van der Waals surface area contributed by atoms with Gasteiger partial charge in [0.05, 0.1) is 0 Å². The SMILES string of the molecule is Nc1ccc(C2(CNCc3cc(Br)cs3)CC2)cc1. The first-order valence-electron chi connectivity index (χ1n) is 6.48. The normalized spacial score (nSPS) is 16.5. The van der Waals surface area contributed by atoms with Gasteiger partial charge in [0.15, 0.2) is 0 Å². The molecule has 2 aromatic rings. The first-order valence-corrected chi connectivity index (χ1v) is 8.15. The smallest absolute Gasteiger partial charge is 0.0314 e. The molecule has 1 aromatic carbocycles. The Morgan fingerprint density at radius 1 is 1.26 bits per heavy atom. The van der Waals surface area contributed by atoms with Crippen LogP contribution in [0.25, 0.3) is 0 Å². The summed E-state index contributed by atoms with van der Waals surface area (Å²) in [4.78, 5) is 1.37. The van der Waals surface area contributed by atoms with Crippen LogP contribution in [0.2, 0.25) is 0 Å². The molecule has 2 nitrogen and oxygen atoms in total. The minimum atomic E-state index is 0.349. The van der Waals surface area contributed by atoms with Crippen molar-refractivity contribution in [2.75, 3.05) is 12.3 Å². The van der Waals surface area contributed by atoms with Gasteiger partial charge in [-0.1, -0.05) is 12.1 Å². The van der Waals surface area contributed by atoms with Crippen molar-refractivity contribution in [3.05, 3.63) is 50.6 Å². The van der Waals surface area contributed by atoms with Gasteiger partial charge in [0.1, 0.15) is 0 Å². The number of halogens is 1. The van der Waals surface area contributed by atoms with E-state index in [1.165, 1.54) is 27.8 Å². The highest BCUT2D eigenvalue weighted by Crippen LogP contribution is 2.47. The van der Waals surface area contributed by atoms with E-state index in [0.29, 0.717) is 5.41 Å². The Morgan fingerprint density at radius 3 is 2.58 bits per heavy atom. The summed E-state index contributed by atoms with van der Waals surface area (Å²) in [6, 6.07) is 10.5. The zero-order valence-corrected chi connectivity index (χ0v) is 13.1. The molecule has 3 N–H and O–H groups in total. The highest BCUT2D eigenvalue weighted by molar-refractivity contribution is 9.10. The van der Waals surface area contributed by atoms with Gasteiger partial charge in [-0.25, -0.2) is 0 Å². The standard InChI is InChI=1S/C15H17BrN2S/c16-12-7-14(19-9-12)8-18-10-15(5-6-15)11-1-3-13(17)4-2-11/h1-4,7,9,18H,5-6,8,10,17H2. The van der Waals surface area contributed by atoms with Crippen molar-refractivity contribution in [3.8, 4) is 0 Å². The van der Waals surface area contributed by atoms with Crippen molar-refractivity contribution in [1.82, 2.24) is 5.32 Å². The van der Waals surface area contributed by atoms with E-state index in [-0.39, 0.29) is 0 Å². The number of thiophene rings is 1. The molecule has 0 unspecified atom stereocenters. The molecule has 3 rings (SSSR count). The van der Waals surface area contributed by atoms with Crippen LogP contribution in [-0.4, -0.2) is 6.54 Å². The lowest BCUT2D eigenvalue weighted by Crippen LogP contribution is -2.26. The van der Waals surface area contributed by atoms with Crippen molar-refractivity contribution in [3.63, 3.8) is 0 Å². The van der Waals surface area contributed by atoms with Crippen LogP contribution in [0.15, 0.2) is 40.2 Å². The van der Waals surface area contributed by atoms with Gasteiger partial charge in [-0.05, 0) is 52.5 Å². The quantitative estimate of drug-likeness (QED) is 0.812. The third kappa shape index (κ3) is 3.02. The number of nitrogen functional groups attached to an aromatic ring is 1. The monoisotopic (exact) mass is 336 g/mol. The molecular formula is C15H17BrN2S. The van der Waals surface area contributed by atoms with Crippen LogP contribution in [-0.2, 0) is 12.0 Å². The fourth-order valence-corrected chi connectivity index (χ4v) is 3.85. The molecule has 4 heteroatoms. The summed E-state index contributed by atoms with van der Waals surface area (Å²) < 4.78 is 1.17. The number of hydrogen-bond acceptors (Lipinski definition) is 3. The second-order valence-corrected chi connectivity index (χ2v) is 7.15. The highest BCUT2D eigenvalue weighted by atomic mass is 79.9. The average molecular weight is 337 g/mol. The van der Waals surface area contributed by atoms with Crippen molar-refractivity contribution in [2.45, 2.75) is 24.8 Å². The maximum atomic E-state index is 5.75. The number of nitrogens with two attached hydrogens (primary N) is 1. The number of anilines is 1. The molecule has 1 aliphatic rings. The predicted molar refractivity (Wildman–Crippen MR) is 85.5 cm³/mol. The Balaban J connectivity index is 1.59. The number of hydrogen-bond donors (Lipinski definition) is 2. The van der Waals surface area contributed by atoms with Crippen molar-refractivity contribution >= 4 is 33.0 Å². The minimum Gasteiger partial charge on any atom is -0.399 e. The number of rotatable bonds is 5. The first kappa shape index (κ1) is 13.2. The van der Waals surface area contributed by atoms with E-state index in [1.54, 1.807) is 11.3 Å². The summed E-state index contributed by atoms with van der Waals surface area (Å²) in [5.41, 5.74) is 8.36. The summed E-state index contributed by atoms with van der Waals surface area (Å²) in [7, 11) is 0. The number of nitrogens with one attached hydrogen (secondary N) is 1. The van der Waals surface area contributed by atoms with Gasteiger partial charge in [0.2, 0.25) is 0 Å². The van der Waals surface area contributed by atoms with Crippen molar-refractivity contribution in [2.24, 2.45) is 0 Å². The Bertz CT molecular complexity index is 558. The van der Waals surface area contributed by atoms with E-state index in [2.05, 4.69) is 44.8 Å². The van der Waals surface area contributed by atoms with E-state index in [9.17, 15) is 0 Å². The second-order valence-electron chi connectivity index (χ2n) is 5.24. The van der Waals surface area contributed by atoms with Crippen LogP contribution in [0.3, 0.4) is 0 Å². The van der Waals surface area contributed by atoms with Crippen LogP contribution >= 0.6 is 27.3 Å². The maximum Gasteiger partial charge on any atom is 0.0314 e. The summed E-state index contributed by atoms with van der Waals surface area (Å²) >= 11 is 5.28. The molecule has 0 atom stereocenters. The molecule has 0 aliphatic heterocycles. The summed E-state index contributed by atoms with van der Waals surface area (Å²) in [5, 5.41) is 5.72. The summed E-state index contributed by atoms with van der Waals surface area (Å²) in [5.74, 6) is 0. The second kappa shape index (κ2) is 5.27. The van der Waals surface area contributed by atoms with Gasteiger partial charge in [-0.2, -0.15) is 0 Å². The van der Waals surface area contributed by atoms with Crippen LogP contribution in [0.1, 0.15) is 23.3 Å². The lowest BCUT2D eigenvalue weighted by molar-refractivity contribution is 0.577. The molecule has 1 saturated carbocycles. The van der Waals surface area contributed by atoms with Crippen molar-refractivity contribution < 1.29 is 0 Å². The zero-order chi connectivity index (χ0) is 13.3. The molecule has 0 radical (unpaired) electrons. The van der Waals surface area contributed by atoms with E-state index >= 15 is 0 Å². The van der Waals surface area contributed by atoms with Crippen LogP contribution in [0, 0.1) is 0 Å². The fraction of sp³-hybridized carbons (Fsp3) is 0.333. The Morgan fingerprint density at radius 2 is 2.00 bits per heavy atom. The lowest BCUT2D eigenvalue weighted by Gasteiger charge is -2.16. The maximum absolute atomic E-state index is 5.75. The fourth-order valence-electron chi connectivity index (χ4n) is 2.43. The molecule has 0 amide bonds. The van der Waals surface area contributed by atoms with E-state index < -0.39 is 0 Å². The van der Waals surface area contributed by atoms with E-state index in [0.717, 1.165) is 18.8 Å². The first-order chi connectivity index (χ1) is 9.18. The van der Waals surface area contributed by atoms with E-state index in [1.807, 2.05) is 12.1 Å². The molecule has 1 aliphatic carbocycles. The third-order valence-electron chi connectivity index (χ3n) is 3.76. The number of benzene rings is 1. The Hall–Kier alpha value is -0.840. The molecule has 1 heterocycles. The summed E-state index contributed by atoms with van der Waals surface area (Å²) in [6.07, 6.45) is 2.55. The van der Waals surface area contributed by atoms with Gasteiger partial charge in [-0.15, -0.1) is 11.3 Å². The molecule has 0 bridgehead atoms. The molecular weight excluding hydrogens is 320 g/mol. The molecule has 0 spiro atoms. The topological polar surface area (TPSA) is 38.0 Å². The highest BCUT2D eigenvalue weighted by Gasteiger charge is 2.43. The zero-order valence-electron chi connectivity index (χ0n) is 10.7. The van der Waals surface area contributed by atoms with Crippen LogP contribution in [0.4, 0.5) is 5.69 Å². The average Bonchev–Trinajstić information content (AvgIpc) is 3.07. The van der Waals surface area contributed by atoms with Crippen molar-refractivity contribution in [1.29, 1.82) is 0 Å². The van der Waals surface area contributed by atoms with Gasteiger partial charge in [0.25, 0.3) is 0 Å². The predicted octanol–water partition coefficient (Wildman–Crippen LogP) is 3.91. The Kier molecular flexibility index (Phi) is 3.65. The van der Waals surface area contributed by atoms with Gasteiger partial charge in [-0.3, -0.25) is 0 Å². The molecule has 0 saturated heterocycles. The molecule has 1 fully saturated rings. The van der Waals surface area contributed by atoms with E-state index in [4.69, 9.17) is 5.73 Å². The lowest BCUT2D eigenvalue weighted by atomic mass is 9.96. The minimum absolute atomic E-state index is 0.349. The van der Waals surface area contributed by atoms with Crippen LogP contribution in [0.5, 0.6) is 0 Å². The Labute approximate surface area is 126 Å². The van der Waals surface area contributed by atoms with Crippen LogP contribution < -0.4 is 11.1 Å². The largest absolute Gasteiger partial charge is 0.399 e. The third-order valence-corrected chi connectivity index (χ3v) is 5.46. The molecule has 19 heavy (non-hydrogen) atoms. The molecule has 100 valence electrons. The van der Waals surface area contributed by atoms with Gasteiger partial charge < -0.3 is 11.1 Å².